The first-order chi connectivity index (χ1) is 11.6. The lowest BCUT2D eigenvalue weighted by Gasteiger charge is -2.40. The first-order valence-corrected chi connectivity index (χ1v) is 8.71. The van der Waals surface area contributed by atoms with Crippen molar-refractivity contribution < 1.29 is 9.53 Å². The third kappa shape index (κ3) is 3.97. The number of carbonyl (C=O) groups is 1. The van der Waals surface area contributed by atoms with Crippen molar-refractivity contribution in [1.82, 2.24) is 15.2 Å². The summed E-state index contributed by atoms with van der Waals surface area (Å²) in [6, 6.07) is 8.21. The highest BCUT2D eigenvalue weighted by Gasteiger charge is 2.28. The molecule has 0 atom stereocenters. The molecule has 0 aliphatic carbocycles. The van der Waals surface area contributed by atoms with E-state index in [9.17, 15) is 4.79 Å². The average Bonchev–Trinajstić information content (AvgIpc) is 3.02. The summed E-state index contributed by atoms with van der Waals surface area (Å²) in [4.78, 5) is 17.9. The van der Waals surface area contributed by atoms with Gasteiger partial charge in [-0.05, 0) is 31.9 Å². The van der Waals surface area contributed by atoms with E-state index in [1.165, 1.54) is 10.9 Å². The molecule has 5 heteroatoms. The number of amides is 1. The van der Waals surface area contributed by atoms with Crippen LogP contribution in [0.25, 0.3) is 10.9 Å². The van der Waals surface area contributed by atoms with Gasteiger partial charge in [-0.2, -0.15) is 0 Å². The first kappa shape index (κ1) is 17.0. The Morgan fingerprint density at radius 2 is 2.04 bits per heavy atom. The van der Waals surface area contributed by atoms with Gasteiger partial charge >= 0.3 is 0 Å². The van der Waals surface area contributed by atoms with Gasteiger partial charge in [0.25, 0.3) is 0 Å². The third-order valence-corrected chi connectivity index (χ3v) is 4.88. The Labute approximate surface area is 143 Å². The van der Waals surface area contributed by atoms with Gasteiger partial charge in [-0.3, -0.25) is 9.69 Å². The van der Waals surface area contributed by atoms with Crippen molar-refractivity contribution in [2.75, 3.05) is 32.8 Å². The SMILES string of the molecule is CC(C)(CNC(=O)CCc1c[nH]c2ccccc12)N1CCOCC1. The molecule has 2 N–H and O–H groups in total. The Hall–Kier alpha value is -1.85. The number of nitrogens with one attached hydrogen (secondary N) is 2. The lowest BCUT2D eigenvalue weighted by atomic mass is 10.0. The second kappa shape index (κ2) is 7.36. The fraction of sp³-hybridized carbons (Fsp3) is 0.526. The normalized spacial score (nSPS) is 16.4. The topological polar surface area (TPSA) is 57.4 Å². The summed E-state index contributed by atoms with van der Waals surface area (Å²) >= 11 is 0. The van der Waals surface area contributed by atoms with E-state index in [2.05, 4.69) is 41.2 Å². The molecule has 1 aliphatic heterocycles. The predicted molar refractivity (Wildman–Crippen MR) is 96.1 cm³/mol. The van der Waals surface area contributed by atoms with Crippen molar-refractivity contribution in [3.05, 3.63) is 36.0 Å². The summed E-state index contributed by atoms with van der Waals surface area (Å²) in [6.45, 7) is 8.43. The van der Waals surface area contributed by atoms with Crippen LogP contribution in [0.5, 0.6) is 0 Å². The highest BCUT2D eigenvalue weighted by molar-refractivity contribution is 5.84. The van der Waals surface area contributed by atoms with E-state index >= 15 is 0 Å². The average molecular weight is 329 g/mol. The van der Waals surface area contributed by atoms with E-state index in [4.69, 9.17) is 4.74 Å². The van der Waals surface area contributed by atoms with E-state index in [1.54, 1.807) is 0 Å². The molecule has 5 nitrogen and oxygen atoms in total. The molecular formula is C19H27N3O2. The maximum absolute atomic E-state index is 12.2. The van der Waals surface area contributed by atoms with Gasteiger partial charge in [0.15, 0.2) is 0 Å². The van der Waals surface area contributed by atoms with E-state index in [-0.39, 0.29) is 11.4 Å². The molecule has 1 amide bonds. The van der Waals surface area contributed by atoms with Gasteiger partial charge in [-0.1, -0.05) is 18.2 Å². The minimum atomic E-state index is -0.0414. The maximum Gasteiger partial charge on any atom is 0.220 e. The van der Waals surface area contributed by atoms with Crippen molar-refractivity contribution in [3.63, 3.8) is 0 Å². The second-order valence-corrected chi connectivity index (χ2v) is 7.05. The number of para-hydroxylation sites is 1. The predicted octanol–water partition coefficient (Wildman–Crippen LogP) is 2.33. The summed E-state index contributed by atoms with van der Waals surface area (Å²) in [7, 11) is 0. The van der Waals surface area contributed by atoms with Crippen molar-refractivity contribution in [3.8, 4) is 0 Å². The number of morpholine rings is 1. The quantitative estimate of drug-likeness (QED) is 0.855. The number of hydrogen-bond donors (Lipinski definition) is 2. The zero-order chi connectivity index (χ0) is 17.0. The fourth-order valence-electron chi connectivity index (χ4n) is 3.27. The molecule has 0 radical (unpaired) electrons. The van der Waals surface area contributed by atoms with Gasteiger partial charge in [0.2, 0.25) is 5.91 Å². The number of H-pyrrole nitrogens is 1. The minimum absolute atomic E-state index is 0.0414. The van der Waals surface area contributed by atoms with Crippen molar-refractivity contribution in [1.29, 1.82) is 0 Å². The molecular weight excluding hydrogens is 302 g/mol. The number of rotatable bonds is 6. The number of aryl methyl sites for hydroxylation is 1. The molecule has 0 unspecified atom stereocenters. The summed E-state index contributed by atoms with van der Waals surface area (Å²) in [5.74, 6) is 0.113. The molecule has 1 fully saturated rings. The third-order valence-electron chi connectivity index (χ3n) is 4.88. The van der Waals surface area contributed by atoms with E-state index in [0.717, 1.165) is 38.2 Å². The van der Waals surface area contributed by atoms with Crippen LogP contribution < -0.4 is 5.32 Å². The molecule has 1 aliphatic rings. The number of carbonyl (C=O) groups excluding carboxylic acids is 1. The number of benzene rings is 1. The second-order valence-electron chi connectivity index (χ2n) is 7.05. The molecule has 130 valence electrons. The molecule has 1 saturated heterocycles. The van der Waals surface area contributed by atoms with Gasteiger partial charge in [0.1, 0.15) is 0 Å². The molecule has 3 rings (SSSR count). The number of hydrogen-bond acceptors (Lipinski definition) is 3. The molecule has 1 aromatic carbocycles. The largest absolute Gasteiger partial charge is 0.379 e. The molecule has 0 saturated carbocycles. The summed E-state index contributed by atoms with van der Waals surface area (Å²) < 4.78 is 5.40. The van der Waals surface area contributed by atoms with E-state index in [1.807, 2.05) is 18.3 Å². The molecule has 2 aromatic rings. The van der Waals surface area contributed by atoms with Crippen LogP contribution in [0.4, 0.5) is 0 Å². The number of fused-ring (bicyclic) bond motifs is 1. The molecule has 24 heavy (non-hydrogen) atoms. The number of aromatic amines is 1. The van der Waals surface area contributed by atoms with Gasteiger partial charge in [0, 0.05) is 48.7 Å². The van der Waals surface area contributed by atoms with Crippen LogP contribution >= 0.6 is 0 Å². The van der Waals surface area contributed by atoms with E-state index in [0.29, 0.717) is 13.0 Å². The van der Waals surface area contributed by atoms with Gasteiger partial charge in [0.05, 0.1) is 13.2 Å². The molecule has 2 heterocycles. The standard InChI is InChI=1S/C19H27N3O2/c1-19(2,22-9-11-24-12-10-22)14-21-18(23)8-7-15-13-20-17-6-4-3-5-16(15)17/h3-6,13,20H,7-12,14H2,1-2H3,(H,21,23). The Kier molecular flexibility index (Phi) is 5.21. The van der Waals surface area contributed by atoms with Crippen LogP contribution in [0.1, 0.15) is 25.8 Å². The molecule has 0 bridgehead atoms. The van der Waals surface area contributed by atoms with Crippen molar-refractivity contribution in [2.45, 2.75) is 32.2 Å². The summed E-state index contributed by atoms with van der Waals surface area (Å²) in [5, 5.41) is 4.31. The number of aromatic nitrogens is 1. The Morgan fingerprint density at radius 3 is 2.83 bits per heavy atom. The summed E-state index contributed by atoms with van der Waals surface area (Å²) in [5.41, 5.74) is 2.29. The van der Waals surface area contributed by atoms with Gasteiger partial charge < -0.3 is 15.0 Å². The Balaban J connectivity index is 1.49. The van der Waals surface area contributed by atoms with Crippen LogP contribution in [-0.2, 0) is 16.0 Å². The Bertz CT molecular complexity index is 687. The van der Waals surface area contributed by atoms with Crippen LogP contribution in [0.3, 0.4) is 0 Å². The zero-order valence-electron chi connectivity index (χ0n) is 14.6. The van der Waals surface area contributed by atoms with Crippen molar-refractivity contribution >= 4 is 16.8 Å². The first-order valence-electron chi connectivity index (χ1n) is 8.71. The zero-order valence-corrected chi connectivity index (χ0v) is 14.6. The van der Waals surface area contributed by atoms with Crippen molar-refractivity contribution in [2.24, 2.45) is 0 Å². The lowest BCUT2D eigenvalue weighted by molar-refractivity contribution is -0.121. The molecule has 0 spiro atoms. The van der Waals surface area contributed by atoms with E-state index < -0.39 is 0 Å². The fourth-order valence-corrected chi connectivity index (χ4v) is 3.27. The van der Waals surface area contributed by atoms with Crippen LogP contribution in [-0.4, -0.2) is 54.2 Å². The molecule has 1 aromatic heterocycles. The number of ether oxygens (including phenoxy) is 1. The van der Waals surface area contributed by atoms with Crippen LogP contribution in [0.15, 0.2) is 30.5 Å². The van der Waals surface area contributed by atoms with Gasteiger partial charge in [-0.25, -0.2) is 0 Å². The smallest absolute Gasteiger partial charge is 0.220 e. The monoisotopic (exact) mass is 329 g/mol. The maximum atomic E-state index is 12.2. The Morgan fingerprint density at radius 1 is 1.29 bits per heavy atom. The minimum Gasteiger partial charge on any atom is -0.379 e. The number of nitrogens with zero attached hydrogens (tertiary/aromatic N) is 1. The highest BCUT2D eigenvalue weighted by Crippen LogP contribution is 2.19. The van der Waals surface area contributed by atoms with Crippen LogP contribution in [0, 0.1) is 0 Å². The summed E-state index contributed by atoms with van der Waals surface area (Å²) in [6.07, 6.45) is 3.28. The lowest BCUT2D eigenvalue weighted by Crippen LogP contribution is -2.55. The van der Waals surface area contributed by atoms with Crippen LogP contribution in [0.2, 0.25) is 0 Å². The van der Waals surface area contributed by atoms with Gasteiger partial charge in [-0.15, -0.1) is 0 Å². The highest BCUT2D eigenvalue weighted by atomic mass is 16.5.